The van der Waals surface area contributed by atoms with Crippen LogP contribution in [0, 0.1) is 11.8 Å². The molecule has 1 aromatic carbocycles. The molecule has 8 nitrogen and oxygen atoms in total. The van der Waals surface area contributed by atoms with Crippen molar-refractivity contribution >= 4 is 29.1 Å². The number of benzene rings is 1. The second-order valence-electron chi connectivity index (χ2n) is 7.65. The van der Waals surface area contributed by atoms with Gasteiger partial charge in [0.25, 0.3) is 5.91 Å². The third-order valence-electron chi connectivity index (χ3n) is 3.84. The maximum atomic E-state index is 12.4. The minimum absolute atomic E-state index is 0.317. The van der Waals surface area contributed by atoms with E-state index in [1.54, 1.807) is 43.8 Å². The van der Waals surface area contributed by atoms with E-state index in [1.807, 2.05) is 25.1 Å². The molecule has 8 heteroatoms. The molecule has 1 aromatic heterocycles. The molecule has 0 atom stereocenters. The molecule has 2 N–H and O–H groups in total. The number of nitrogens with zero attached hydrogens (tertiary/aromatic N) is 3. The maximum Gasteiger partial charge on any atom is 0.427 e. The number of aromatic nitrogens is 1. The third-order valence-corrected chi connectivity index (χ3v) is 3.84. The summed E-state index contributed by atoms with van der Waals surface area (Å²) in [4.78, 5) is 26.7. The Kier molecular flexibility index (Phi) is 5.12. The summed E-state index contributed by atoms with van der Waals surface area (Å²) < 4.78 is 6.93. The van der Waals surface area contributed by atoms with Crippen LogP contribution in [0.2, 0.25) is 0 Å². The number of hydrazone groups is 1. The van der Waals surface area contributed by atoms with Crippen molar-refractivity contribution in [2.75, 3.05) is 26.1 Å². The van der Waals surface area contributed by atoms with Crippen molar-refractivity contribution in [2.24, 2.45) is 5.10 Å². The van der Waals surface area contributed by atoms with E-state index in [0.717, 1.165) is 0 Å². The lowest BCUT2D eigenvalue weighted by Crippen LogP contribution is -2.32. The van der Waals surface area contributed by atoms with E-state index in [2.05, 4.69) is 27.8 Å². The number of rotatable bonds is 2. The van der Waals surface area contributed by atoms with Gasteiger partial charge in [-0.2, -0.15) is 5.10 Å². The highest BCUT2D eigenvalue weighted by molar-refractivity contribution is 6.15. The van der Waals surface area contributed by atoms with E-state index in [-0.39, 0.29) is 5.91 Å². The van der Waals surface area contributed by atoms with Gasteiger partial charge in [0.2, 0.25) is 0 Å². The standard InChI is InChI=1S/C20H23N5O3/c1-20(2,3)28-19(27)23-25-15(10-7-11-24(4)5)14-12-21-22-18(26)13-8-6-9-16(25)17(13)14/h6,8-9,12H,11H2,1-5H3,(H,22,26)(H,23,27). The zero-order valence-corrected chi connectivity index (χ0v) is 16.6. The number of amides is 2. The highest BCUT2D eigenvalue weighted by Crippen LogP contribution is 2.28. The summed E-state index contributed by atoms with van der Waals surface area (Å²) >= 11 is 0. The average molecular weight is 381 g/mol. The van der Waals surface area contributed by atoms with Crippen LogP contribution in [-0.4, -0.2) is 54.0 Å². The Morgan fingerprint density at radius 3 is 2.79 bits per heavy atom. The fraction of sp³-hybridized carbons (Fsp3) is 0.350. The molecule has 2 aromatic rings. The fourth-order valence-electron chi connectivity index (χ4n) is 2.81. The summed E-state index contributed by atoms with van der Waals surface area (Å²) in [6.45, 7) is 5.90. The largest absolute Gasteiger partial charge is 0.443 e. The molecule has 0 saturated heterocycles. The second-order valence-corrected chi connectivity index (χ2v) is 7.65. The smallest absolute Gasteiger partial charge is 0.427 e. The molecule has 2 amide bonds. The van der Waals surface area contributed by atoms with E-state index in [4.69, 9.17) is 4.74 Å². The summed E-state index contributed by atoms with van der Waals surface area (Å²) in [5.41, 5.74) is 6.85. The Morgan fingerprint density at radius 2 is 2.11 bits per heavy atom. The fourth-order valence-corrected chi connectivity index (χ4v) is 2.81. The molecule has 0 fully saturated rings. The van der Waals surface area contributed by atoms with Crippen molar-refractivity contribution in [2.45, 2.75) is 26.4 Å². The van der Waals surface area contributed by atoms with Gasteiger partial charge >= 0.3 is 6.09 Å². The van der Waals surface area contributed by atoms with Gasteiger partial charge in [0.15, 0.2) is 0 Å². The van der Waals surface area contributed by atoms with Crippen molar-refractivity contribution in [1.82, 2.24) is 15.0 Å². The molecule has 28 heavy (non-hydrogen) atoms. The highest BCUT2D eigenvalue weighted by Gasteiger charge is 2.25. The number of ether oxygens (including phenoxy) is 1. The van der Waals surface area contributed by atoms with Gasteiger partial charge < -0.3 is 4.74 Å². The Bertz CT molecular complexity index is 1030. The van der Waals surface area contributed by atoms with E-state index < -0.39 is 11.7 Å². The van der Waals surface area contributed by atoms with Gasteiger partial charge in [0.1, 0.15) is 11.3 Å². The van der Waals surface area contributed by atoms with Crippen LogP contribution in [0.1, 0.15) is 42.4 Å². The molecule has 146 valence electrons. The predicted octanol–water partition coefficient (Wildman–Crippen LogP) is 2.11. The molecule has 1 aliphatic rings. The Morgan fingerprint density at radius 1 is 1.36 bits per heavy atom. The monoisotopic (exact) mass is 381 g/mol. The summed E-state index contributed by atoms with van der Waals surface area (Å²) in [5.74, 6) is 5.85. The Hall–Kier alpha value is -3.31. The maximum absolute atomic E-state index is 12.4. The number of carbonyl (C=O) groups excluding carboxylic acids is 2. The van der Waals surface area contributed by atoms with Crippen molar-refractivity contribution in [1.29, 1.82) is 0 Å². The lowest BCUT2D eigenvalue weighted by atomic mass is 10.1. The zero-order chi connectivity index (χ0) is 20.5. The van der Waals surface area contributed by atoms with Crippen LogP contribution >= 0.6 is 0 Å². The van der Waals surface area contributed by atoms with Crippen molar-refractivity contribution < 1.29 is 14.3 Å². The first kappa shape index (κ1) is 19.5. The summed E-state index contributed by atoms with van der Waals surface area (Å²) in [5, 5.41) is 4.66. The normalized spacial score (nSPS) is 13.0. The van der Waals surface area contributed by atoms with Gasteiger partial charge in [-0.15, -0.1) is 0 Å². The molecule has 3 rings (SSSR count). The number of hydrogen-bond acceptors (Lipinski definition) is 5. The van der Waals surface area contributed by atoms with Gasteiger partial charge in [-0.25, -0.2) is 20.3 Å². The van der Waals surface area contributed by atoms with E-state index in [1.165, 1.54) is 0 Å². The lowest BCUT2D eigenvalue weighted by Gasteiger charge is -2.20. The molecular weight excluding hydrogens is 358 g/mol. The van der Waals surface area contributed by atoms with Crippen LogP contribution in [0.5, 0.6) is 0 Å². The first-order valence-corrected chi connectivity index (χ1v) is 8.82. The molecule has 0 bridgehead atoms. The molecular formula is C20H23N5O3. The second kappa shape index (κ2) is 7.37. The van der Waals surface area contributed by atoms with Crippen molar-refractivity contribution in [3.05, 3.63) is 35.0 Å². The quantitative estimate of drug-likeness (QED) is 0.780. The molecule has 0 saturated carbocycles. The summed E-state index contributed by atoms with van der Waals surface area (Å²) in [7, 11) is 3.83. The van der Waals surface area contributed by atoms with Gasteiger partial charge in [0.05, 0.1) is 23.8 Å². The van der Waals surface area contributed by atoms with Crippen LogP contribution in [0.25, 0.3) is 10.9 Å². The molecule has 0 unspecified atom stereocenters. The first-order valence-electron chi connectivity index (χ1n) is 8.82. The topological polar surface area (TPSA) is 88.0 Å². The average Bonchev–Trinajstić information content (AvgIpc) is 2.75. The van der Waals surface area contributed by atoms with Crippen LogP contribution in [0.15, 0.2) is 23.3 Å². The summed E-state index contributed by atoms with van der Waals surface area (Å²) in [6, 6.07) is 5.27. The van der Waals surface area contributed by atoms with E-state index in [9.17, 15) is 9.59 Å². The molecule has 2 heterocycles. The van der Waals surface area contributed by atoms with E-state index >= 15 is 0 Å². The minimum atomic E-state index is -0.648. The molecule has 0 radical (unpaired) electrons. The zero-order valence-electron chi connectivity index (χ0n) is 16.6. The van der Waals surface area contributed by atoms with Crippen LogP contribution in [0.4, 0.5) is 4.79 Å². The van der Waals surface area contributed by atoms with Crippen molar-refractivity contribution in [3.63, 3.8) is 0 Å². The third kappa shape index (κ3) is 4.00. The minimum Gasteiger partial charge on any atom is -0.443 e. The molecule has 0 spiro atoms. The number of hydrogen-bond donors (Lipinski definition) is 2. The predicted molar refractivity (Wildman–Crippen MR) is 108 cm³/mol. The lowest BCUT2D eigenvalue weighted by molar-refractivity contribution is 0.0614. The van der Waals surface area contributed by atoms with Crippen LogP contribution < -0.4 is 10.9 Å². The summed E-state index contributed by atoms with van der Waals surface area (Å²) in [6.07, 6.45) is 0.930. The van der Waals surface area contributed by atoms with Gasteiger partial charge in [-0.3, -0.25) is 9.69 Å². The van der Waals surface area contributed by atoms with Crippen LogP contribution in [-0.2, 0) is 4.74 Å². The molecule has 1 aliphatic heterocycles. The van der Waals surface area contributed by atoms with E-state index in [0.29, 0.717) is 34.3 Å². The Labute approximate surface area is 163 Å². The highest BCUT2D eigenvalue weighted by atomic mass is 16.6. The van der Waals surface area contributed by atoms with Crippen molar-refractivity contribution in [3.8, 4) is 11.8 Å². The number of carbonyl (C=O) groups is 2. The van der Waals surface area contributed by atoms with Gasteiger partial charge in [0, 0.05) is 10.9 Å². The van der Waals surface area contributed by atoms with Crippen LogP contribution in [0.3, 0.4) is 0 Å². The SMILES string of the molecule is CN(C)CC#Cc1c2c3c(cccc3n1NC(=O)OC(C)(C)C)C(=O)NN=C2. The molecule has 0 aliphatic carbocycles. The first-order chi connectivity index (χ1) is 13.2. The van der Waals surface area contributed by atoms with Gasteiger partial charge in [-0.1, -0.05) is 12.0 Å². The number of nitrogens with one attached hydrogen (secondary N) is 2. The van der Waals surface area contributed by atoms with Gasteiger partial charge in [-0.05, 0) is 52.9 Å². The Balaban J connectivity index is 2.19.